The second-order valence-electron chi connectivity index (χ2n) is 8.99. The molecule has 1 unspecified atom stereocenters. The van der Waals surface area contributed by atoms with Crippen molar-refractivity contribution in [2.24, 2.45) is 11.8 Å². The molecule has 3 fully saturated rings. The van der Waals surface area contributed by atoms with Gasteiger partial charge < -0.3 is 10.1 Å². The van der Waals surface area contributed by atoms with E-state index in [1.165, 1.54) is 12.1 Å². The van der Waals surface area contributed by atoms with E-state index in [1.54, 1.807) is 12.1 Å². The number of amides is 2. The molecule has 1 aromatic carbocycles. The Bertz CT molecular complexity index is 737. The maximum Gasteiger partial charge on any atom is 0.245 e. The monoisotopic (exact) mass is 402 g/mol. The van der Waals surface area contributed by atoms with Gasteiger partial charge in [0.15, 0.2) is 0 Å². The number of hydrogen-bond donors (Lipinski definition) is 1. The zero-order chi connectivity index (χ0) is 20.4. The Morgan fingerprint density at radius 2 is 1.79 bits per heavy atom. The van der Waals surface area contributed by atoms with Crippen molar-refractivity contribution in [3.63, 3.8) is 0 Å². The molecule has 158 valence electrons. The number of halogens is 1. The zero-order valence-electron chi connectivity index (χ0n) is 17.2. The van der Waals surface area contributed by atoms with Crippen LogP contribution in [0.3, 0.4) is 0 Å². The molecule has 1 N–H and O–H groups in total. The fourth-order valence-corrected chi connectivity index (χ4v) is 5.09. The molecule has 1 aromatic rings. The Morgan fingerprint density at radius 3 is 2.45 bits per heavy atom. The molecule has 2 aliphatic carbocycles. The third kappa shape index (κ3) is 4.18. The first-order chi connectivity index (χ1) is 14.0. The van der Waals surface area contributed by atoms with Gasteiger partial charge in [-0.2, -0.15) is 0 Å². The Balaban J connectivity index is 1.50. The van der Waals surface area contributed by atoms with Crippen molar-refractivity contribution >= 4 is 11.8 Å². The molecule has 0 bridgehead atoms. The van der Waals surface area contributed by atoms with Crippen LogP contribution in [0.2, 0.25) is 0 Å². The van der Waals surface area contributed by atoms with Gasteiger partial charge >= 0.3 is 0 Å². The molecule has 1 aliphatic heterocycles. The summed E-state index contributed by atoms with van der Waals surface area (Å²) in [5.41, 5.74) is 0.206. The van der Waals surface area contributed by atoms with Crippen molar-refractivity contribution in [1.29, 1.82) is 0 Å². The van der Waals surface area contributed by atoms with Crippen molar-refractivity contribution in [2.75, 3.05) is 6.61 Å². The standard InChI is InChI=1S/C23H31FN2O3/c1-16-10-12-23(13-11-16)26(22(28)18-4-2-3-5-18)20(15-29-23)21(27)25-14-17-6-8-19(24)9-7-17/h6-9,16,18,20H,2-5,10-15H2,1H3,(H,25,27). The maximum absolute atomic E-state index is 13.5. The first-order valence-corrected chi connectivity index (χ1v) is 11.0. The molecule has 1 atom stereocenters. The van der Waals surface area contributed by atoms with E-state index < -0.39 is 11.8 Å². The minimum absolute atomic E-state index is 0.0142. The lowest BCUT2D eigenvalue weighted by molar-refractivity contribution is -0.165. The predicted molar refractivity (Wildman–Crippen MR) is 107 cm³/mol. The minimum atomic E-state index is -0.621. The van der Waals surface area contributed by atoms with Crippen LogP contribution in [-0.4, -0.2) is 35.1 Å². The molecule has 0 radical (unpaired) electrons. The van der Waals surface area contributed by atoms with Gasteiger partial charge in [-0.05, 0) is 62.1 Å². The summed E-state index contributed by atoms with van der Waals surface area (Å²) in [5, 5.41) is 2.93. The lowest BCUT2D eigenvalue weighted by Crippen LogP contribution is -2.58. The summed E-state index contributed by atoms with van der Waals surface area (Å²) < 4.78 is 19.3. The second-order valence-corrected chi connectivity index (χ2v) is 8.99. The fourth-order valence-electron chi connectivity index (χ4n) is 5.09. The molecule has 5 nitrogen and oxygen atoms in total. The van der Waals surface area contributed by atoms with Crippen molar-refractivity contribution in [3.8, 4) is 0 Å². The van der Waals surface area contributed by atoms with E-state index in [9.17, 15) is 14.0 Å². The average Bonchev–Trinajstić information content (AvgIpc) is 3.38. The third-order valence-electron chi connectivity index (χ3n) is 6.94. The largest absolute Gasteiger partial charge is 0.353 e. The molecule has 1 heterocycles. The summed E-state index contributed by atoms with van der Waals surface area (Å²) in [6.45, 7) is 2.80. The summed E-state index contributed by atoms with van der Waals surface area (Å²) in [5.74, 6) is 0.248. The molecule has 29 heavy (non-hydrogen) atoms. The zero-order valence-corrected chi connectivity index (χ0v) is 17.2. The highest BCUT2D eigenvalue weighted by Gasteiger charge is 2.54. The molecule has 6 heteroatoms. The molecule has 2 saturated carbocycles. The van der Waals surface area contributed by atoms with E-state index in [2.05, 4.69) is 12.2 Å². The highest BCUT2D eigenvalue weighted by Crippen LogP contribution is 2.44. The van der Waals surface area contributed by atoms with Gasteiger partial charge in [-0.25, -0.2) is 4.39 Å². The second kappa shape index (κ2) is 8.42. The van der Waals surface area contributed by atoms with E-state index in [0.717, 1.165) is 56.9 Å². The lowest BCUT2D eigenvalue weighted by atomic mass is 9.83. The highest BCUT2D eigenvalue weighted by molar-refractivity contribution is 5.89. The maximum atomic E-state index is 13.5. The van der Waals surface area contributed by atoms with Crippen molar-refractivity contribution < 1.29 is 18.7 Å². The van der Waals surface area contributed by atoms with Gasteiger partial charge in [-0.1, -0.05) is 31.9 Å². The normalized spacial score (nSPS) is 30.1. The molecule has 3 aliphatic rings. The van der Waals surface area contributed by atoms with Gasteiger partial charge in [0.05, 0.1) is 6.61 Å². The van der Waals surface area contributed by atoms with Crippen molar-refractivity contribution in [1.82, 2.24) is 10.2 Å². The van der Waals surface area contributed by atoms with Crippen LogP contribution in [0.1, 0.15) is 63.9 Å². The van der Waals surface area contributed by atoms with Crippen LogP contribution in [0, 0.1) is 17.7 Å². The lowest BCUT2D eigenvalue weighted by Gasteiger charge is -2.43. The van der Waals surface area contributed by atoms with E-state index in [0.29, 0.717) is 12.5 Å². The van der Waals surface area contributed by atoms with Gasteiger partial charge in [0, 0.05) is 12.5 Å². The van der Waals surface area contributed by atoms with Crippen LogP contribution in [0.25, 0.3) is 0 Å². The van der Waals surface area contributed by atoms with Gasteiger partial charge in [0.25, 0.3) is 0 Å². The highest BCUT2D eigenvalue weighted by atomic mass is 19.1. The first kappa shape index (κ1) is 20.3. The summed E-state index contributed by atoms with van der Waals surface area (Å²) in [6, 6.07) is 5.50. The average molecular weight is 403 g/mol. The number of rotatable bonds is 4. The van der Waals surface area contributed by atoms with Gasteiger partial charge in [-0.3, -0.25) is 14.5 Å². The van der Waals surface area contributed by atoms with E-state index >= 15 is 0 Å². The Kier molecular flexibility index (Phi) is 5.91. The quantitative estimate of drug-likeness (QED) is 0.834. The van der Waals surface area contributed by atoms with Gasteiger partial charge in [-0.15, -0.1) is 0 Å². The van der Waals surface area contributed by atoms with Gasteiger partial charge in [0.2, 0.25) is 11.8 Å². The molecule has 1 spiro atoms. The fraction of sp³-hybridized carbons (Fsp3) is 0.652. The van der Waals surface area contributed by atoms with E-state index in [4.69, 9.17) is 4.74 Å². The van der Waals surface area contributed by atoms with Crippen LogP contribution in [0.4, 0.5) is 4.39 Å². The first-order valence-electron chi connectivity index (χ1n) is 11.0. The molecular weight excluding hydrogens is 371 g/mol. The molecular formula is C23H31FN2O3. The Hall–Kier alpha value is -1.95. The van der Waals surface area contributed by atoms with E-state index in [1.807, 2.05) is 4.90 Å². The third-order valence-corrected chi connectivity index (χ3v) is 6.94. The van der Waals surface area contributed by atoms with Crippen LogP contribution in [-0.2, 0) is 20.9 Å². The minimum Gasteiger partial charge on any atom is -0.353 e. The molecule has 2 amide bonds. The summed E-state index contributed by atoms with van der Waals surface area (Å²) in [4.78, 5) is 28.3. The number of carbonyl (C=O) groups excluding carboxylic acids is 2. The molecule has 1 saturated heterocycles. The van der Waals surface area contributed by atoms with Crippen LogP contribution >= 0.6 is 0 Å². The molecule has 0 aromatic heterocycles. The topological polar surface area (TPSA) is 58.6 Å². The number of nitrogens with zero attached hydrogens (tertiary/aromatic N) is 1. The molecule has 4 rings (SSSR count). The van der Waals surface area contributed by atoms with Crippen LogP contribution < -0.4 is 5.32 Å². The summed E-state index contributed by atoms with van der Waals surface area (Å²) in [7, 11) is 0. The Labute approximate surface area is 172 Å². The number of benzene rings is 1. The van der Waals surface area contributed by atoms with Crippen LogP contribution in [0.5, 0.6) is 0 Å². The number of ether oxygens (including phenoxy) is 1. The number of hydrogen-bond acceptors (Lipinski definition) is 3. The SMILES string of the molecule is CC1CCC2(CC1)OCC(C(=O)NCc1ccc(F)cc1)N2C(=O)C1CCCC1. The van der Waals surface area contributed by atoms with Crippen molar-refractivity contribution in [2.45, 2.75) is 76.6 Å². The predicted octanol–water partition coefficient (Wildman–Crippen LogP) is 3.77. The Morgan fingerprint density at radius 1 is 1.14 bits per heavy atom. The van der Waals surface area contributed by atoms with Gasteiger partial charge in [0.1, 0.15) is 17.6 Å². The van der Waals surface area contributed by atoms with Crippen molar-refractivity contribution in [3.05, 3.63) is 35.6 Å². The number of nitrogens with one attached hydrogen (secondary N) is 1. The smallest absolute Gasteiger partial charge is 0.245 e. The summed E-state index contributed by atoms with van der Waals surface area (Å²) >= 11 is 0. The number of carbonyl (C=O) groups is 2. The van der Waals surface area contributed by atoms with E-state index in [-0.39, 0.29) is 30.2 Å². The summed E-state index contributed by atoms with van der Waals surface area (Å²) in [6.07, 6.45) is 7.60. The van der Waals surface area contributed by atoms with Crippen LogP contribution in [0.15, 0.2) is 24.3 Å².